The third kappa shape index (κ3) is 3.98. The van der Waals surface area contributed by atoms with E-state index in [-0.39, 0.29) is 5.75 Å². The molecule has 1 aromatic heterocycles. The van der Waals surface area contributed by atoms with Crippen LogP contribution in [0.15, 0.2) is 60.8 Å². The first kappa shape index (κ1) is 15.3. The number of hydrogen-bond donors (Lipinski definition) is 2. The number of anilines is 1. The van der Waals surface area contributed by atoms with E-state index in [0.29, 0.717) is 5.69 Å². The molecule has 2 aromatic carbocycles. The first-order chi connectivity index (χ1) is 11.0. The fourth-order valence-corrected chi connectivity index (χ4v) is 3.48. The standard InChI is InChI=1S/C17H17N3O2S/c1-13-5-7-14(8-6-13)12-23(21,22)20-16-4-2-3-15(11-16)17-9-10-18-19-17/h2-11,20H,12H2,1H3,(H,18,19). The van der Waals surface area contributed by atoms with Crippen LogP contribution in [-0.2, 0) is 15.8 Å². The van der Waals surface area contributed by atoms with Crippen molar-refractivity contribution in [1.29, 1.82) is 0 Å². The number of aromatic nitrogens is 2. The van der Waals surface area contributed by atoms with E-state index >= 15 is 0 Å². The molecule has 0 bridgehead atoms. The Bertz CT molecular complexity index is 886. The lowest BCUT2D eigenvalue weighted by molar-refractivity contribution is 0.600. The average molecular weight is 327 g/mol. The number of H-pyrrole nitrogens is 1. The minimum Gasteiger partial charge on any atom is -0.283 e. The summed E-state index contributed by atoms with van der Waals surface area (Å²) in [5.41, 5.74) is 4.10. The van der Waals surface area contributed by atoms with Crippen LogP contribution in [0, 0.1) is 6.92 Å². The summed E-state index contributed by atoms with van der Waals surface area (Å²) in [6.45, 7) is 1.97. The van der Waals surface area contributed by atoms with E-state index in [1.54, 1.807) is 24.4 Å². The smallest absolute Gasteiger partial charge is 0.236 e. The van der Waals surface area contributed by atoms with Crippen LogP contribution in [-0.4, -0.2) is 18.6 Å². The third-order valence-electron chi connectivity index (χ3n) is 3.42. The molecule has 3 aromatic rings. The molecule has 0 spiro atoms. The zero-order chi connectivity index (χ0) is 16.3. The van der Waals surface area contributed by atoms with Crippen molar-refractivity contribution in [3.05, 3.63) is 71.9 Å². The van der Waals surface area contributed by atoms with E-state index in [9.17, 15) is 8.42 Å². The average Bonchev–Trinajstić information content (AvgIpc) is 3.03. The van der Waals surface area contributed by atoms with E-state index in [1.165, 1.54) is 0 Å². The van der Waals surface area contributed by atoms with Gasteiger partial charge < -0.3 is 0 Å². The monoisotopic (exact) mass is 327 g/mol. The molecule has 0 amide bonds. The Morgan fingerprint density at radius 1 is 1.09 bits per heavy atom. The second-order valence-electron chi connectivity index (χ2n) is 5.40. The molecule has 0 aliphatic carbocycles. The van der Waals surface area contributed by atoms with Crippen LogP contribution in [0.4, 0.5) is 5.69 Å². The molecule has 0 fully saturated rings. The number of rotatable bonds is 5. The Labute approximate surface area is 135 Å². The van der Waals surface area contributed by atoms with Crippen molar-refractivity contribution < 1.29 is 8.42 Å². The fraction of sp³-hybridized carbons (Fsp3) is 0.118. The van der Waals surface area contributed by atoms with Crippen molar-refractivity contribution in [3.8, 4) is 11.3 Å². The molecule has 0 saturated heterocycles. The normalized spacial score (nSPS) is 11.3. The maximum absolute atomic E-state index is 12.3. The maximum atomic E-state index is 12.3. The minimum atomic E-state index is -3.46. The van der Waals surface area contributed by atoms with Crippen molar-refractivity contribution in [2.45, 2.75) is 12.7 Å². The van der Waals surface area contributed by atoms with Crippen molar-refractivity contribution in [2.24, 2.45) is 0 Å². The Kier molecular flexibility index (Phi) is 4.16. The van der Waals surface area contributed by atoms with Crippen LogP contribution >= 0.6 is 0 Å². The number of nitrogens with zero attached hydrogens (tertiary/aromatic N) is 1. The van der Waals surface area contributed by atoms with Gasteiger partial charge in [0, 0.05) is 17.4 Å². The van der Waals surface area contributed by atoms with E-state index < -0.39 is 10.0 Å². The van der Waals surface area contributed by atoms with Crippen LogP contribution < -0.4 is 4.72 Å². The topological polar surface area (TPSA) is 74.8 Å². The van der Waals surface area contributed by atoms with Gasteiger partial charge in [0.05, 0.1) is 11.4 Å². The van der Waals surface area contributed by atoms with Gasteiger partial charge in [-0.2, -0.15) is 5.10 Å². The second kappa shape index (κ2) is 6.26. The van der Waals surface area contributed by atoms with Gasteiger partial charge in [-0.25, -0.2) is 8.42 Å². The van der Waals surface area contributed by atoms with E-state index in [0.717, 1.165) is 22.4 Å². The lowest BCUT2D eigenvalue weighted by Gasteiger charge is -2.09. The quantitative estimate of drug-likeness (QED) is 0.755. The number of benzene rings is 2. The molecule has 23 heavy (non-hydrogen) atoms. The zero-order valence-corrected chi connectivity index (χ0v) is 13.5. The lowest BCUT2D eigenvalue weighted by Crippen LogP contribution is -2.15. The summed E-state index contributed by atoms with van der Waals surface area (Å²) in [7, 11) is -3.46. The molecule has 6 heteroatoms. The van der Waals surface area contributed by atoms with Crippen molar-refractivity contribution >= 4 is 15.7 Å². The van der Waals surface area contributed by atoms with Crippen molar-refractivity contribution in [1.82, 2.24) is 10.2 Å². The zero-order valence-electron chi connectivity index (χ0n) is 12.7. The van der Waals surface area contributed by atoms with Gasteiger partial charge in [0.2, 0.25) is 10.0 Å². The highest BCUT2D eigenvalue weighted by Gasteiger charge is 2.12. The molecule has 0 aliphatic heterocycles. The fourth-order valence-electron chi connectivity index (χ4n) is 2.29. The van der Waals surface area contributed by atoms with Gasteiger partial charge in [-0.1, -0.05) is 42.0 Å². The highest BCUT2D eigenvalue weighted by atomic mass is 32.2. The molecule has 0 radical (unpaired) electrons. The van der Waals surface area contributed by atoms with Gasteiger partial charge in [-0.3, -0.25) is 9.82 Å². The highest BCUT2D eigenvalue weighted by molar-refractivity contribution is 7.91. The SMILES string of the molecule is Cc1ccc(CS(=O)(=O)Nc2cccc(-c3ccn[nH]3)c2)cc1. The van der Waals surface area contributed by atoms with Gasteiger partial charge >= 0.3 is 0 Å². The maximum Gasteiger partial charge on any atom is 0.236 e. The number of nitrogens with one attached hydrogen (secondary N) is 2. The summed E-state index contributed by atoms with van der Waals surface area (Å²) in [6, 6.07) is 16.5. The predicted octanol–water partition coefficient (Wildman–Crippen LogP) is 3.33. The predicted molar refractivity (Wildman–Crippen MR) is 91.4 cm³/mol. The number of hydrogen-bond acceptors (Lipinski definition) is 3. The minimum absolute atomic E-state index is 0.0540. The first-order valence-electron chi connectivity index (χ1n) is 7.18. The molecular formula is C17H17N3O2S. The summed E-state index contributed by atoms with van der Waals surface area (Å²) in [5, 5.41) is 6.76. The number of aryl methyl sites for hydroxylation is 1. The second-order valence-corrected chi connectivity index (χ2v) is 7.12. The van der Waals surface area contributed by atoms with Crippen LogP contribution in [0.1, 0.15) is 11.1 Å². The molecule has 0 atom stereocenters. The molecular weight excluding hydrogens is 310 g/mol. The molecule has 2 N–H and O–H groups in total. The molecule has 0 unspecified atom stereocenters. The van der Waals surface area contributed by atoms with E-state index in [4.69, 9.17) is 0 Å². The Balaban J connectivity index is 1.78. The Morgan fingerprint density at radius 2 is 1.87 bits per heavy atom. The van der Waals surface area contributed by atoms with Crippen LogP contribution in [0.3, 0.4) is 0 Å². The third-order valence-corrected chi connectivity index (χ3v) is 4.69. The van der Waals surface area contributed by atoms with E-state index in [1.807, 2.05) is 43.3 Å². The van der Waals surface area contributed by atoms with Crippen LogP contribution in [0.2, 0.25) is 0 Å². The summed E-state index contributed by atoms with van der Waals surface area (Å²) >= 11 is 0. The van der Waals surface area contributed by atoms with Gasteiger partial charge in [0.1, 0.15) is 0 Å². The number of sulfonamides is 1. The molecule has 0 saturated carbocycles. The summed E-state index contributed by atoms with van der Waals surface area (Å²) < 4.78 is 27.3. The molecule has 118 valence electrons. The summed E-state index contributed by atoms with van der Waals surface area (Å²) in [4.78, 5) is 0. The molecule has 0 aliphatic rings. The van der Waals surface area contributed by atoms with Crippen molar-refractivity contribution in [3.63, 3.8) is 0 Å². The lowest BCUT2D eigenvalue weighted by atomic mass is 10.1. The molecule has 3 rings (SSSR count). The van der Waals surface area contributed by atoms with Crippen molar-refractivity contribution in [2.75, 3.05) is 4.72 Å². The Hall–Kier alpha value is -2.60. The molecule has 1 heterocycles. The number of aromatic amines is 1. The first-order valence-corrected chi connectivity index (χ1v) is 8.83. The van der Waals surface area contributed by atoms with Gasteiger partial charge in [-0.05, 0) is 30.7 Å². The Morgan fingerprint density at radius 3 is 2.57 bits per heavy atom. The van der Waals surface area contributed by atoms with Crippen LogP contribution in [0.5, 0.6) is 0 Å². The molecule has 5 nitrogen and oxygen atoms in total. The highest BCUT2D eigenvalue weighted by Crippen LogP contribution is 2.21. The van der Waals surface area contributed by atoms with Gasteiger partial charge in [-0.15, -0.1) is 0 Å². The van der Waals surface area contributed by atoms with E-state index in [2.05, 4.69) is 14.9 Å². The van der Waals surface area contributed by atoms with Gasteiger partial charge in [0.25, 0.3) is 0 Å². The summed E-state index contributed by atoms with van der Waals surface area (Å²) in [6.07, 6.45) is 1.66. The summed E-state index contributed by atoms with van der Waals surface area (Å²) in [5.74, 6) is -0.0540. The largest absolute Gasteiger partial charge is 0.283 e. The van der Waals surface area contributed by atoms with Gasteiger partial charge in [0.15, 0.2) is 0 Å². The van der Waals surface area contributed by atoms with Crippen LogP contribution in [0.25, 0.3) is 11.3 Å².